The molecule has 4 rings (SSSR count). The van der Waals surface area contributed by atoms with E-state index in [0.29, 0.717) is 21.5 Å². The lowest BCUT2D eigenvalue weighted by Gasteiger charge is -2.09. The van der Waals surface area contributed by atoms with Gasteiger partial charge in [0.1, 0.15) is 22.0 Å². The summed E-state index contributed by atoms with van der Waals surface area (Å²) in [4.78, 5) is 28.4. The Morgan fingerprint density at radius 1 is 1.29 bits per heavy atom. The minimum absolute atomic E-state index is 0.155. The van der Waals surface area contributed by atoms with Crippen LogP contribution in [0.5, 0.6) is 5.75 Å². The molecule has 1 aromatic carbocycles. The minimum atomic E-state index is -0.469. The summed E-state index contributed by atoms with van der Waals surface area (Å²) in [7, 11) is 1.31. The van der Waals surface area contributed by atoms with Crippen molar-refractivity contribution in [1.82, 2.24) is 4.98 Å². The number of hydrogen-bond acceptors (Lipinski definition) is 7. The molecule has 0 saturated carbocycles. The average molecular weight is 400 g/mol. The molecule has 28 heavy (non-hydrogen) atoms. The van der Waals surface area contributed by atoms with E-state index >= 15 is 0 Å². The van der Waals surface area contributed by atoms with Crippen molar-refractivity contribution >= 4 is 39.3 Å². The van der Waals surface area contributed by atoms with E-state index in [4.69, 9.17) is 13.9 Å². The summed E-state index contributed by atoms with van der Waals surface area (Å²) in [6.45, 7) is 1.54. The number of methoxy groups -OCH3 is 1. The number of carbonyl (C=O) groups is 2. The quantitative estimate of drug-likeness (QED) is 0.654. The van der Waals surface area contributed by atoms with Gasteiger partial charge in [0.05, 0.1) is 12.8 Å². The van der Waals surface area contributed by atoms with Gasteiger partial charge in [0.15, 0.2) is 11.7 Å². The second-order valence-electron chi connectivity index (χ2n) is 6.63. The predicted molar refractivity (Wildman–Crippen MR) is 105 cm³/mol. The predicted octanol–water partition coefficient (Wildman–Crippen LogP) is 3.88. The van der Waals surface area contributed by atoms with E-state index in [0.717, 1.165) is 53.7 Å². The smallest absolute Gasteiger partial charge is 0.350 e. The van der Waals surface area contributed by atoms with Gasteiger partial charge >= 0.3 is 5.97 Å². The van der Waals surface area contributed by atoms with Crippen LogP contribution < -0.4 is 10.1 Å². The lowest BCUT2D eigenvalue weighted by atomic mass is 9.96. The van der Waals surface area contributed by atoms with Crippen molar-refractivity contribution in [2.75, 3.05) is 19.0 Å². The van der Waals surface area contributed by atoms with Crippen molar-refractivity contribution in [3.63, 3.8) is 0 Å². The fourth-order valence-corrected chi connectivity index (χ4v) is 4.27. The Morgan fingerprint density at radius 3 is 2.93 bits per heavy atom. The molecule has 1 aliphatic carbocycles. The lowest BCUT2D eigenvalue weighted by molar-refractivity contribution is -0.118. The van der Waals surface area contributed by atoms with E-state index < -0.39 is 5.97 Å². The highest BCUT2D eigenvalue weighted by Gasteiger charge is 2.19. The van der Waals surface area contributed by atoms with Gasteiger partial charge in [0.25, 0.3) is 5.91 Å². The zero-order chi connectivity index (χ0) is 19.7. The number of thiazole rings is 1. The van der Waals surface area contributed by atoms with Crippen LogP contribution in [-0.2, 0) is 22.4 Å². The van der Waals surface area contributed by atoms with Gasteiger partial charge in [0.2, 0.25) is 0 Å². The number of carbonyl (C=O) groups excluding carboxylic acids is 2. The van der Waals surface area contributed by atoms with Crippen LogP contribution in [0.3, 0.4) is 0 Å². The van der Waals surface area contributed by atoms with Crippen molar-refractivity contribution < 1.29 is 23.5 Å². The van der Waals surface area contributed by atoms with Crippen molar-refractivity contribution in [2.45, 2.75) is 32.6 Å². The van der Waals surface area contributed by atoms with Crippen LogP contribution in [-0.4, -0.2) is 30.6 Å². The molecular weight excluding hydrogens is 380 g/mol. The Labute approximate surface area is 165 Å². The minimum Gasteiger partial charge on any atom is -0.484 e. The van der Waals surface area contributed by atoms with Gasteiger partial charge in [-0.25, -0.2) is 9.78 Å². The fraction of sp³-hybridized carbons (Fsp3) is 0.350. The number of aromatic nitrogens is 1. The lowest BCUT2D eigenvalue weighted by Crippen LogP contribution is -2.20. The highest BCUT2D eigenvalue weighted by Crippen LogP contribution is 2.34. The number of ether oxygens (including phenoxy) is 2. The third-order valence-electron chi connectivity index (χ3n) is 4.71. The zero-order valence-corrected chi connectivity index (χ0v) is 16.5. The molecule has 2 heterocycles. The molecule has 0 spiro atoms. The number of hydrogen-bond donors (Lipinski definition) is 1. The van der Waals surface area contributed by atoms with Gasteiger partial charge in [-0.15, -0.1) is 0 Å². The van der Waals surface area contributed by atoms with Gasteiger partial charge in [0, 0.05) is 17.4 Å². The van der Waals surface area contributed by atoms with Crippen molar-refractivity contribution in [2.24, 2.45) is 0 Å². The second kappa shape index (κ2) is 7.63. The number of aryl methyl sites for hydroxylation is 3. The van der Waals surface area contributed by atoms with Gasteiger partial charge in [-0.3, -0.25) is 10.1 Å². The first kappa shape index (κ1) is 18.5. The van der Waals surface area contributed by atoms with Gasteiger partial charge in [-0.1, -0.05) is 11.3 Å². The van der Waals surface area contributed by atoms with Crippen LogP contribution in [0.4, 0.5) is 5.13 Å². The summed E-state index contributed by atoms with van der Waals surface area (Å²) in [6.07, 6.45) is 4.31. The highest BCUT2D eigenvalue weighted by atomic mass is 32.1. The van der Waals surface area contributed by atoms with Crippen LogP contribution in [0, 0.1) is 6.92 Å². The normalized spacial score (nSPS) is 13.2. The number of esters is 1. The van der Waals surface area contributed by atoms with Crippen LogP contribution in [0.2, 0.25) is 0 Å². The first-order chi connectivity index (χ1) is 13.5. The third-order valence-corrected chi connectivity index (χ3v) is 5.76. The van der Waals surface area contributed by atoms with Crippen molar-refractivity contribution in [3.05, 3.63) is 40.1 Å². The number of amides is 1. The van der Waals surface area contributed by atoms with E-state index in [1.165, 1.54) is 12.7 Å². The molecule has 7 nitrogen and oxygen atoms in total. The molecule has 0 radical (unpaired) electrons. The summed E-state index contributed by atoms with van der Waals surface area (Å²) in [5.41, 5.74) is 2.63. The Hall–Kier alpha value is -2.87. The van der Waals surface area contributed by atoms with Gasteiger partial charge in [-0.05, 0) is 44.4 Å². The number of rotatable bonds is 5. The SMILES string of the molecule is COC(=O)c1sc(NC(=O)COc2ccc3oc4c(c3c2)CCCC4)nc1C. The third kappa shape index (κ3) is 3.60. The maximum atomic E-state index is 12.2. The summed E-state index contributed by atoms with van der Waals surface area (Å²) in [5.74, 6) is 0.863. The number of benzene rings is 1. The van der Waals surface area contributed by atoms with Crippen molar-refractivity contribution in [1.29, 1.82) is 0 Å². The molecule has 146 valence electrons. The molecule has 0 unspecified atom stereocenters. The maximum absolute atomic E-state index is 12.2. The van der Waals surface area contributed by atoms with Crippen LogP contribution in [0.1, 0.15) is 39.5 Å². The summed E-state index contributed by atoms with van der Waals surface area (Å²) >= 11 is 1.08. The molecule has 0 bridgehead atoms. The molecule has 1 aliphatic rings. The van der Waals surface area contributed by atoms with E-state index in [2.05, 4.69) is 10.3 Å². The summed E-state index contributed by atoms with van der Waals surface area (Å²) in [6, 6.07) is 5.61. The van der Waals surface area contributed by atoms with Crippen LogP contribution in [0.15, 0.2) is 22.6 Å². The van der Waals surface area contributed by atoms with E-state index in [-0.39, 0.29) is 12.5 Å². The van der Waals surface area contributed by atoms with Gasteiger partial charge in [-0.2, -0.15) is 0 Å². The Bertz CT molecular complexity index is 1050. The number of nitrogens with one attached hydrogen (secondary N) is 1. The molecule has 1 amide bonds. The summed E-state index contributed by atoms with van der Waals surface area (Å²) < 4.78 is 16.3. The van der Waals surface area contributed by atoms with Gasteiger partial charge < -0.3 is 13.9 Å². The van der Waals surface area contributed by atoms with Crippen LogP contribution >= 0.6 is 11.3 Å². The number of anilines is 1. The highest BCUT2D eigenvalue weighted by molar-refractivity contribution is 7.17. The Morgan fingerprint density at radius 2 is 2.11 bits per heavy atom. The average Bonchev–Trinajstić information content (AvgIpc) is 3.25. The fourth-order valence-electron chi connectivity index (χ4n) is 3.37. The topological polar surface area (TPSA) is 90.7 Å². The Balaban J connectivity index is 1.41. The first-order valence-electron chi connectivity index (χ1n) is 9.08. The van der Waals surface area contributed by atoms with E-state index in [1.807, 2.05) is 12.1 Å². The molecule has 0 aliphatic heterocycles. The van der Waals surface area contributed by atoms with E-state index in [9.17, 15) is 9.59 Å². The second-order valence-corrected chi connectivity index (χ2v) is 7.63. The molecular formula is C20H20N2O5S. The maximum Gasteiger partial charge on any atom is 0.350 e. The molecule has 3 aromatic rings. The molecule has 0 fully saturated rings. The Kier molecular flexibility index (Phi) is 5.04. The number of fused-ring (bicyclic) bond motifs is 3. The van der Waals surface area contributed by atoms with E-state index in [1.54, 1.807) is 13.0 Å². The first-order valence-corrected chi connectivity index (χ1v) is 9.89. The largest absolute Gasteiger partial charge is 0.484 e. The molecule has 8 heteroatoms. The standard InChI is InChI=1S/C20H20N2O5S/c1-11-18(19(24)25-2)28-20(21-11)22-17(23)10-26-12-7-8-16-14(9-12)13-5-3-4-6-15(13)27-16/h7-9H,3-6,10H2,1-2H3,(H,21,22,23). The molecule has 0 saturated heterocycles. The monoisotopic (exact) mass is 400 g/mol. The number of nitrogens with zero attached hydrogens (tertiary/aromatic N) is 1. The summed E-state index contributed by atoms with van der Waals surface area (Å²) in [5, 5.41) is 4.05. The zero-order valence-electron chi connectivity index (χ0n) is 15.7. The molecule has 2 aromatic heterocycles. The van der Waals surface area contributed by atoms with Crippen LogP contribution in [0.25, 0.3) is 11.0 Å². The van der Waals surface area contributed by atoms with Crippen molar-refractivity contribution in [3.8, 4) is 5.75 Å². The molecule has 1 N–H and O–H groups in total. The number of furan rings is 1. The molecule has 0 atom stereocenters.